The van der Waals surface area contributed by atoms with Crippen molar-refractivity contribution in [1.29, 1.82) is 0 Å². The molecule has 0 aliphatic carbocycles. The van der Waals surface area contributed by atoms with Crippen LogP contribution >= 0.6 is 0 Å². The number of piperidine rings is 1. The lowest BCUT2D eigenvalue weighted by Crippen LogP contribution is -2.48. The number of ether oxygens (including phenoxy) is 1. The first kappa shape index (κ1) is 20.9. The molecule has 0 radical (unpaired) electrons. The molecular formula is C24H28N4O3. The Bertz CT molecular complexity index is 1060. The van der Waals surface area contributed by atoms with Gasteiger partial charge in [0.15, 0.2) is 0 Å². The predicted molar refractivity (Wildman–Crippen MR) is 119 cm³/mol. The molecule has 162 valence electrons. The number of pyridine rings is 1. The minimum atomic E-state index is -0.276. The smallest absolute Gasteiger partial charge is 0.409 e. The third-order valence-electron chi connectivity index (χ3n) is 6.00. The summed E-state index contributed by atoms with van der Waals surface area (Å²) in [7, 11) is 2.04. The Morgan fingerprint density at radius 2 is 1.84 bits per heavy atom. The largest absolute Gasteiger partial charge is 0.450 e. The van der Waals surface area contributed by atoms with Crippen molar-refractivity contribution in [3.05, 3.63) is 66.1 Å². The molecule has 1 aromatic carbocycles. The molecule has 1 saturated heterocycles. The van der Waals surface area contributed by atoms with E-state index in [4.69, 9.17) is 4.74 Å². The van der Waals surface area contributed by atoms with Gasteiger partial charge in [0.2, 0.25) is 0 Å². The van der Waals surface area contributed by atoms with E-state index in [1.807, 2.05) is 31.0 Å². The minimum absolute atomic E-state index is 0.0118. The Hall–Kier alpha value is -3.35. The van der Waals surface area contributed by atoms with Crippen LogP contribution in [0.3, 0.4) is 0 Å². The molecule has 2 aromatic heterocycles. The molecule has 7 nitrogen and oxygen atoms in total. The van der Waals surface area contributed by atoms with Crippen molar-refractivity contribution < 1.29 is 14.3 Å². The van der Waals surface area contributed by atoms with Crippen molar-refractivity contribution in [3.8, 4) is 0 Å². The van der Waals surface area contributed by atoms with Gasteiger partial charge in [0.25, 0.3) is 5.91 Å². The Kier molecular flexibility index (Phi) is 6.21. The molecule has 1 fully saturated rings. The van der Waals surface area contributed by atoms with Gasteiger partial charge in [-0.05, 0) is 49.4 Å². The summed E-state index contributed by atoms with van der Waals surface area (Å²) in [5.41, 5.74) is 2.85. The van der Waals surface area contributed by atoms with Crippen LogP contribution in [0.2, 0.25) is 0 Å². The summed E-state index contributed by atoms with van der Waals surface area (Å²) in [6.45, 7) is 3.85. The first-order valence-corrected chi connectivity index (χ1v) is 10.7. The van der Waals surface area contributed by atoms with E-state index in [-0.39, 0.29) is 18.0 Å². The molecule has 7 heteroatoms. The first-order valence-electron chi connectivity index (χ1n) is 10.7. The van der Waals surface area contributed by atoms with E-state index in [0.29, 0.717) is 31.8 Å². The number of benzene rings is 1. The second kappa shape index (κ2) is 9.20. The van der Waals surface area contributed by atoms with Crippen molar-refractivity contribution in [2.75, 3.05) is 19.7 Å². The molecule has 0 N–H and O–H groups in total. The van der Waals surface area contributed by atoms with E-state index in [9.17, 15) is 9.59 Å². The summed E-state index contributed by atoms with van der Waals surface area (Å²) in [5, 5.41) is 1.16. The highest BCUT2D eigenvalue weighted by molar-refractivity contribution is 5.94. The third kappa shape index (κ3) is 4.40. The predicted octanol–water partition coefficient (Wildman–Crippen LogP) is 3.84. The number of fused-ring (bicyclic) bond motifs is 1. The zero-order valence-electron chi connectivity index (χ0n) is 18.0. The van der Waals surface area contributed by atoms with Gasteiger partial charge in [-0.2, -0.15) is 0 Å². The minimum Gasteiger partial charge on any atom is -0.450 e. The van der Waals surface area contributed by atoms with Crippen LogP contribution in [-0.4, -0.2) is 57.1 Å². The Morgan fingerprint density at radius 1 is 1.13 bits per heavy atom. The third-order valence-corrected chi connectivity index (χ3v) is 6.00. The molecule has 3 heterocycles. The Labute approximate surface area is 182 Å². The van der Waals surface area contributed by atoms with E-state index < -0.39 is 0 Å². The van der Waals surface area contributed by atoms with Crippen LogP contribution in [-0.2, 0) is 18.3 Å². The molecule has 31 heavy (non-hydrogen) atoms. The van der Waals surface area contributed by atoms with E-state index >= 15 is 0 Å². The number of para-hydroxylation sites is 1. The van der Waals surface area contributed by atoms with Crippen LogP contribution in [0.5, 0.6) is 0 Å². The summed E-state index contributed by atoms with van der Waals surface area (Å²) in [6.07, 6.45) is 4.46. The Balaban J connectivity index is 1.58. The number of carbonyl (C=O) groups excluding carboxylic acids is 2. The average Bonchev–Trinajstić information content (AvgIpc) is 3.13. The van der Waals surface area contributed by atoms with E-state index in [2.05, 4.69) is 27.8 Å². The summed E-state index contributed by atoms with van der Waals surface area (Å²) >= 11 is 0. The quantitative estimate of drug-likeness (QED) is 0.629. The summed E-state index contributed by atoms with van der Waals surface area (Å²) < 4.78 is 7.28. The normalized spacial score (nSPS) is 14.6. The molecule has 0 unspecified atom stereocenters. The van der Waals surface area contributed by atoms with Crippen LogP contribution in [0.4, 0.5) is 4.79 Å². The molecule has 1 aliphatic heterocycles. The standard InChI is InChI=1S/C24H28N4O3/c1-3-31-24(30)27-14-10-20(11-15-27)28(23(29)18-8-12-25-13-9-18)17-21-16-19-6-4-5-7-22(19)26(21)2/h4-9,12-13,16,20H,3,10-11,14-15,17H2,1-2H3. The van der Waals surface area contributed by atoms with Crippen molar-refractivity contribution in [2.45, 2.75) is 32.4 Å². The summed E-state index contributed by atoms with van der Waals surface area (Å²) in [6, 6.07) is 13.9. The highest BCUT2D eigenvalue weighted by Crippen LogP contribution is 2.25. The van der Waals surface area contributed by atoms with Crippen molar-refractivity contribution >= 4 is 22.9 Å². The van der Waals surface area contributed by atoms with Gasteiger partial charge in [-0.1, -0.05) is 18.2 Å². The van der Waals surface area contributed by atoms with Gasteiger partial charge in [-0.15, -0.1) is 0 Å². The number of nitrogens with zero attached hydrogens (tertiary/aromatic N) is 4. The zero-order chi connectivity index (χ0) is 21.8. The SMILES string of the molecule is CCOC(=O)N1CCC(N(Cc2cc3ccccc3n2C)C(=O)c2ccncc2)CC1. The molecule has 3 aromatic rings. The van der Waals surface area contributed by atoms with Gasteiger partial charge >= 0.3 is 6.09 Å². The number of aromatic nitrogens is 2. The van der Waals surface area contributed by atoms with E-state index in [0.717, 1.165) is 29.4 Å². The number of hydrogen-bond donors (Lipinski definition) is 0. The molecule has 4 rings (SSSR count). The number of aryl methyl sites for hydroxylation is 1. The van der Waals surface area contributed by atoms with Crippen LogP contribution in [0.15, 0.2) is 54.9 Å². The van der Waals surface area contributed by atoms with Gasteiger partial charge in [-0.3, -0.25) is 9.78 Å². The number of carbonyl (C=O) groups is 2. The van der Waals surface area contributed by atoms with Gasteiger partial charge in [0, 0.05) is 55.3 Å². The fraction of sp³-hybridized carbons (Fsp3) is 0.375. The molecule has 1 aliphatic rings. The summed E-state index contributed by atoms with van der Waals surface area (Å²) in [5.74, 6) is -0.0118. The van der Waals surface area contributed by atoms with Crippen LogP contribution < -0.4 is 0 Å². The highest BCUT2D eigenvalue weighted by Gasteiger charge is 2.31. The zero-order valence-corrected chi connectivity index (χ0v) is 18.0. The molecule has 2 amide bonds. The fourth-order valence-electron chi connectivity index (χ4n) is 4.27. The maximum atomic E-state index is 13.5. The second-order valence-electron chi connectivity index (χ2n) is 7.84. The maximum absolute atomic E-state index is 13.5. The van der Waals surface area contributed by atoms with E-state index in [1.54, 1.807) is 29.4 Å². The van der Waals surface area contributed by atoms with Crippen LogP contribution in [0.25, 0.3) is 10.9 Å². The Morgan fingerprint density at radius 3 is 2.52 bits per heavy atom. The maximum Gasteiger partial charge on any atom is 0.409 e. The van der Waals surface area contributed by atoms with Gasteiger partial charge in [0.05, 0.1) is 13.2 Å². The number of hydrogen-bond acceptors (Lipinski definition) is 4. The number of rotatable bonds is 5. The lowest BCUT2D eigenvalue weighted by molar-refractivity contribution is 0.0511. The van der Waals surface area contributed by atoms with Gasteiger partial charge in [0.1, 0.15) is 0 Å². The second-order valence-corrected chi connectivity index (χ2v) is 7.84. The van der Waals surface area contributed by atoms with Crippen molar-refractivity contribution in [3.63, 3.8) is 0 Å². The van der Waals surface area contributed by atoms with E-state index in [1.165, 1.54) is 0 Å². The first-order chi connectivity index (χ1) is 15.1. The number of likely N-dealkylation sites (tertiary alicyclic amines) is 1. The molecular weight excluding hydrogens is 392 g/mol. The van der Waals surface area contributed by atoms with Crippen molar-refractivity contribution in [2.24, 2.45) is 7.05 Å². The monoisotopic (exact) mass is 420 g/mol. The fourth-order valence-corrected chi connectivity index (χ4v) is 4.27. The molecule has 0 bridgehead atoms. The topological polar surface area (TPSA) is 67.7 Å². The lowest BCUT2D eigenvalue weighted by Gasteiger charge is -2.38. The summed E-state index contributed by atoms with van der Waals surface area (Å²) in [4.78, 5) is 33.3. The van der Waals surface area contributed by atoms with Gasteiger partial charge < -0.3 is 19.1 Å². The highest BCUT2D eigenvalue weighted by atomic mass is 16.6. The molecule has 0 atom stereocenters. The molecule has 0 spiro atoms. The average molecular weight is 421 g/mol. The van der Waals surface area contributed by atoms with Crippen LogP contribution in [0, 0.1) is 0 Å². The van der Waals surface area contributed by atoms with Crippen molar-refractivity contribution in [1.82, 2.24) is 19.4 Å². The number of amides is 2. The molecule has 0 saturated carbocycles. The lowest BCUT2D eigenvalue weighted by atomic mass is 10.0. The van der Waals surface area contributed by atoms with Gasteiger partial charge in [-0.25, -0.2) is 4.79 Å². The van der Waals surface area contributed by atoms with Crippen LogP contribution in [0.1, 0.15) is 35.8 Å².